The van der Waals surface area contributed by atoms with Crippen molar-refractivity contribution in [1.29, 1.82) is 0 Å². The van der Waals surface area contributed by atoms with Crippen LogP contribution in [0.3, 0.4) is 0 Å². The van der Waals surface area contributed by atoms with Crippen LogP contribution in [0.2, 0.25) is 0 Å². The molecule has 1 saturated heterocycles. The topological polar surface area (TPSA) is 62.5 Å². The van der Waals surface area contributed by atoms with Gasteiger partial charge in [0.05, 0.1) is 6.61 Å². The zero-order chi connectivity index (χ0) is 14.2. The van der Waals surface area contributed by atoms with E-state index in [9.17, 15) is 13.5 Å². The lowest BCUT2D eigenvalue weighted by Crippen LogP contribution is -2.47. The van der Waals surface area contributed by atoms with Gasteiger partial charge in [0.25, 0.3) is 0 Å². The molecule has 0 radical (unpaired) electrons. The van der Waals surface area contributed by atoms with Crippen LogP contribution in [0, 0.1) is 0 Å². The van der Waals surface area contributed by atoms with Crippen LogP contribution < -0.4 is 0 Å². The molecule has 1 aromatic heterocycles. The van der Waals surface area contributed by atoms with E-state index in [1.165, 1.54) is 0 Å². The lowest BCUT2D eigenvalue weighted by molar-refractivity contribution is 0.204. The number of aryl methyl sites for hydroxylation is 1. The number of nitrogens with zero attached hydrogens (tertiary/aromatic N) is 2. The third kappa shape index (κ3) is 2.57. The Kier molecular flexibility index (Phi) is 4.03. The van der Waals surface area contributed by atoms with Gasteiger partial charge in [-0.2, -0.15) is 4.31 Å². The van der Waals surface area contributed by atoms with Crippen molar-refractivity contribution in [3.05, 3.63) is 18.0 Å². The normalized spacial score (nSPS) is 25.7. The molecular weight excluding hydrogens is 264 g/mol. The third-order valence-corrected chi connectivity index (χ3v) is 6.03. The second-order valence-electron chi connectivity index (χ2n) is 5.40. The van der Waals surface area contributed by atoms with E-state index in [1.54, 1.807) is 28.2 Å². The van der Waals surface area contributed by atoms with Crippen LogP contribution >= 0.6 is 0 Å². The molecule has 2 rings (SSSR count). The molecule has 1 fully saturated rings. The van der Waals surface area contributed by atoms with Gasteiger partial charge in [-0.25, -0.2) is 8.42 Å². The second kappa shape index (κ2) is 5.26. The summed E-state index contributed by atoms with van der Waals surface area (Å²) in [6.45, 7) is 3.77. The number of aliphatic hydroxyl groups is 1. The summed E-state index contributed by atoms with van der Waals surface area (Å²) in [5, 5.41) is 9.18. The predicted molar refractivity (Wildman–Crippen MR) is 73.1 cm³/mol. The summed E-state index contributed by atoms with van der Waals surface area (Å²) in [7, 11) is -1.73. The fourth-order valence-electron chi connectivity index (χ4n) is 2.87. The third-order valence-electron chi connectivity index (χ3n) is 3.93. The molecule has 0 aromatic carbocycles. The average Bonchev–Trinajstić information content (AvgIpc) is 2.70. The second-order valence-corrected chi connectivity index (χ2v) is 7.24. The highest BCUT2D eigenvalue weighted by molar-refractivity contribution is 7.89. The molecule has 0 saturated carbocycles. The smallest absolute Gasteiger partial charge is 0.245 e. The van der Waals surface area contributed by atoms with Gasteiger partial charge in [0.2, 0.25) is 10.0 Å². The van der Waals surface area contributed by atoms with Gasteiger partial charge in [0.1, 0.15) is 4.90 Å². The highest BCUT2D eigenvalue weighted by Crippen LogP contribution is 2.30. The van der Waals surface area contributed by atoms with Crippen molar-refractivity contribution in [3.63, 3.8) is 0 Å². The Bertz CT molecular complexity index is 540. The highest BCUT2D eigenvalue weighted by Gasteiger charge is 2.36. The molecule has 1 aromatic rings. The van der Waals surface area contributed by atoms with Crippen molar-refractivity contribution < 1.29 is 13.5 Å². The molecule has 0 unspecified atom stereocenters. The van der Waals surface area contributed by atoms with Gasteiger partial charge in [0, 0.05) is 31.0 Å². The summed E-state index contributed by atoms with van der Waals surface area (Å²) in [5.41, 5.74) is 0.607. The van der Waals surface area contributed by atoms with E-state index in [1.807, 2.05) is 13.8 Å². The van der Waals surface area contributed by atoms with E-state index in [0.717, 1.165) is 19.3 Å². The number of piperidine rings is 1. The Morgan fingerprint density at radius 2 is 1.89 bits per heavy atom. The molecule has 1 aliphatic heterocycles. The zero-order valence-electron chi connectivity index (χ0n) is 11.7. The Morgan fingerprint density at radius 1 is 1.32 bits per heavy atom. The summed E-state index contributed by atoms with van der Waals surface area (Å²) in [4.78, 5) is 0.277. The molecule has 2 heterocycles. The van der Waals surface area contributed by atoms with Gasteiger partial charge in [0.15, 0.2) is 0 Å². The Hall–Kier alpha value is -0.850. The predicted octanol–water partition coefficient (Wildman–Crippen LogP) is 1.47. The van der Waals surface area contributed by atoms with Crippen LogP contribution in [0.1, 0.15) is 38.8 Å². The van der Waals surface area contributed by atoms with E-state index < -0.39 is 10.0 Å². The van der Waals surface area contributed by atoms with Crippen molar-refractivity contribution in [3.8, 4) is 0 Å². The lowest BCUT2D eigenvalue weighted by atomic mass is 10.0. The monoisotopic (exact) mass is 286 g/mol. The first-order valence-electron chi connectivity index (χ1n) is 6.67. The van der Waals surface area contributed by atoms with Crippen molar-refractivity contribution in [2.24, 2.45) is 7.05 Å². The minimum absolute atomic E-state index is 0.0338. The van der Waals surface area contributed by atoms with E-state index in [0.29, 0.717) is 5.69 Å². The number of rotatable bonds is 3. The summed E-state index contributed by atoms with van der Waals surface area (Å²) in [5.74, 6) is 0. The Balaban J connectivity index is 2.40. The maximum absolute atomic E-state index is 12.7. The molecule has 5 nitrogen and oxygen atoms in total. The zero-order valence-corrected chi connectivity index (χ0v) is 12.5. The first kappa shape index (κ1) is 14.6. The van der Waals surface area contributed by atoms with E-state index >= 15 is 0 Å². The van der Waals surface area contributed by atoms with Crippen LogP contribution in [-0.4, -0.2) is 34.5 Å². The van der Waals surface area contributed by atoms with Crippen molar-refractivity contribution in [2.75, 3.05) is 0 Å². The summed E-state index contributed by atoms with van der Waals surface area (Å²) in [6.07, 6.45) is 4.46. The summed E-state index contributed by atoms with van der Waals surface area (Å²) < 4.78 is 28.7. The summed E-state index contributed by atoms with van der Waals surface area (Å²) >= 11 is 0. The van der Waals surface area contributed by atoms with Crippen LogP contribution in [0.4, 0.5) is 0 Å². The van der Waals surface area contributed by atoms with Crippen molar-refractivity contribution in [1.82, 2.24) is 8.87 Å². The molecule has 1 N–H and O–H groups in total. The lowest BCUT2D eigenvalue weighted by Gasteiger charge is -2.37. The molecule has 6 heteroatoms. The number of aromatic nitrogens is 1. The minimum Gasteiger partial charge on any atom is -0.390 e. The maximum atomic E-state index is 12.7. The molecule has 1 aliphatic rings. The van der Waals surface area contributed by atoms with Crippen molar-refractivity contribution in [2.45, 2.75) is 56.7 Å². The molecular formula is C13H22N2O3S. The van der Waals surface area contributed by atoms with Gasteiger partial charge in [-0.05, 0) is 32.8 Å². The van der Waals surface area contributed by atoms with Crippen LogP contribution in [0.15, 0.2) is 17.2 Å². The van der Waals surface area contributed by atoms with Crippen LogP contribution in [0.5, 0.6) is 0 Å². The van der Waals surface area contributed by atoms with E-state index in [4.69, 9.17) is 0 Å². The Morgan fingerprint density at radius 3 is 2.37 bits per heavy atom. The number of sulfonamides is 1. The molecule has 19 heavy (non-hydrogen) atoms. The van der Waals surface area contributed by atoms with Gasteiger partial charge < -0.3 is 9.67 Å². The first-order valence-corrected chi connectivity index (χ1v) is 8.11. The van der Waals surface area contributed by atoms with Crippen molar-refractivity contribution >= 4 is 10.0 Å². The average molecular weight is 286 g/mol. The van der Waals surface area contributed by atoms with Gasteiger partial charge >= 0.3 is 0 Å². The maximum Gasteiger partial charge on any atom is 0.245 e. The SMILES string of the molecule is C[C@@H]1CCC[C@H](C)N1S(=O)(=O)c1cc(CO)n(C)c1. The van der Waals surface area contributed by atoms with Gasteiger partial charge in [-0.3, -0.25) is 0 Å². The number of hydrogen-bond acceptors (Lipinski definition) is 3. The fourth-order valence-corrected chi connectivity index (χ4v) is 4.85. The number of aliphatic hydroxyl groups excluding tert-OH is 1. The standard InChI is InChI=1S/C13H22N2O3S/c1-10-5-4-6-11(2)15(10)19(17,18)13-7-12(9-16)14(3)8-13/h7-8,10-11,16H,4-6,9H2,1-3H3/t10-,11+. The molecule has 0 bridgehead atoms. The molecule has 0 aliphatic carbocycles. The molecule has 2 atom stereocenters. The number of hydrogen-bond donors (Lipinski definition) is 1. The molecule has 108 valence electrons. The molecule has 0 amide bonds. The molecule has 0 spiro atoms. The Labute approximate surface area is 114 Å². The van der Waals surface area contributed by atoms with Gasteiger partial charge in [-0.15, -0.1) is 0 Å². The quantitative estimate of drug-likeness (QED) is 0.915. The van der Waals surface area contributed by atoms with Gasteiger partial charge in [-0.1, -0.05) is 6.42 Å². The van der Waals surface area contributed by atoms with E-state index in [-0.39, 0.29) is 23.6 Å². The largest absolute Gasteiger partial charge is 0.390 e. The minimum atomic E-state index is -3.47. The fraction of sp³-hybridized carbons (Fsp3) is 0.692. The van der Waals surface area contributed by atoms with Crippen LogP contribution in [0.25, 0.3) is 0 Å². The first-order chi connectivity index (χ1) is 8.87. The van der Waals surface area contributed by atoms with Crippen LogP contribution in [-0.2, 0) is 23.7 Å². The highest BCUT2D eigenvalue weighted by atomic mass is 32.2. The van der Waals surface area contributed by atoms with E-state index in [2.05, 4.69) is 0 Å². The summed E-state index contributed by atoms with van der Waals surface area (Å²) in [6, 6.07) is 1.63.